The second-order valence-corrected chi connectivity index (χ2v) is 10.2. The molecule has 0 radical (unpaired) electrons. The zero-order chi connectivity index (χ0) is 20.9. The van der Waals surface area contributed by atoms with E-state index in [1.165, 1.54) is 62.4 Å². The summed E-state index contributed by atoms with van der Waals surface area (Å²) >= 11 is 3.29. The van der Waals surface area contributed by atoms with E-state index in [4.69, 9.17) is 0 Å². The van der Waals surface area contributed by atoms with Crippen molar-refractivity contribution in [1.82, 2.24) is 5.43 Å². The third-order valence-electron chi connectivity index (χ3n) is 7.25. The van der Waals surface area contributed by atoms with Gasteiger partial charge in [0.15, 0.2) is 0 Å². The molecule has 6 rings (SSSR count). The van der Waals surface area contributed by atoms with Gasteiger partial charge in [0.2, 0.25) is 0 Å². The van der Waals surface area contributed by atoms with Crippen molar-refractivity contribution in [2.24, 2.45) is 22.9 Å². The van der Waals surface area contributed by atoms with E-state index in [9.17, 15) is 15.0 Å². The minimum Gasteiger partial charge on any atom is -0.507 e. The molecule has 4 fully saturated rings. The Balaban J connectivity index is 1.36. The Morgan fingerprint density at radius 2 is 1.63 bits per heavy atom. The molecular formula is C24H25BrN2O3. The number of carbonyl (C=O) groups excluding carboxylic acids is 1. The summed E-state index contributed by atoms with van der Waals surface area (Å²) in [5.74, 6) is 2.06. The molecule has 2 aromatic carbocycles. The van der Waals surface area contributed by atoms with Crippen molar-refractivity contribution in [2.75, 3.05) is 0 Å². The van der Waals surface area contributed by atoms with Crippen molar-refractivity contribution in [3.05, 3.63) is 57.6 Å². The van der Waals surface area contributed by atoms with Gasteiger partial charge in [-0.25, -0.2) is 5.43 Å². The summed E-state index contributed by atoms with van der Waals surface area (Å²) in [7, 11) is 0. The number of phenolic OH excluding ortho intramolecular Hbond substituents is 2. The number of benzene rings is 2. The summed E-state index contributed by atoms with van der Waals surface area (Å²) in [6.45, 7) is 0. The second-order valence-electron chi connectivity index (χ2n) is 9.33. The quantitative estimate of drug-likeness (QED) is 0.431. The number of rotatable bonds is 4. The van der Waals surface area contributed by atoms with E-state index in [1.807, 2.05) is 6.07 Å². The van der Waals surface area contributed by atoms with Crippen LogP contribution in [0.2, 0.25) is 0 Å². The first kappa shape index (κ1) is 19.6. The highest BCUT2D eigenvalue weighted by Crippen LogP contribution is 2.60. The number of nitrogens with one attached hydrogen (secondary N) is 1. The van der Waals surface area contributed by atoms with Crippen molar-refractivity contribution < 1.29 is 15.0 Å². The molecule has 3 N–H and O–H groups in total. The first-order chi connectivity index (χ1) is 14.4. The molecule has 4 saturated carbocycles. The Labute approximate surface area is 184 Å². The molecule has 5 nitrogen and oxygen atoms in total. The summed E-state index contributed by atoms with van der Waals surface area (Å²) in [6, 6.07) is 10.5. The van der Waals surface area contributed by atoms with Crippen LogP contribution in [0.25, 0.3) is 0 Å². The first-order valence-corrected chi connectivity index (χ1v) is 11.4. The third kappa shape index (κ3) is 3.51. The fraction of sp³-hybridized carbons (Fsp3) is 0.417. The van der Waals surface area contributed by atoms with Gasteiger partial charge in [-0.15, -0.1) is 0 Å². The van der Waals surface area contributed by atoms with Crippen LogP contribution in [0.5, 0.6) is 11.5 Å². The van der Waals surface area contributed by atoms with Gasteiger partial charge in [-0.2, -0.15) is 5.10 Å². The number of aromatic hydroxyl groups is 2. The van der Waals surface area contributed by atoms with Crippen molar-refractivity contribution in [3.63, 3.8) is 0 Å². The van der Waals surface area contributed by atoms with Crippen LogP contribution >= 0.6 is 15.9 Å². The topological polar surface area (TPSA) is 81.9 Å². The average molecular weight is 469 g/mol. The highest BCUT2D eigenvalue weighted by atomic mass is 79.9. The fourth-order valence-corrected chi connectivity index (χ4v) is 6.72. The lowest BCUT2D eigenvalue weighted by Crippen LogP contribution is -2.48. The molecule has 0 atom stereocenters. The molecule has 4 aliphatic rings. The van der Waals surface area contributed by atoms with Gasteiger partial charge in [-0.1, -0.05) is 22.0 Å². The van der Waals surface area contributed by atoms with Crippen LogP contribution in [0, 0.1) is 17.8 Å². The first-order valence-electron chi connectivity index (χ1n) is 10.6. The summed E-state index contributed by atoms with van der Waals surface area (Å²) in [5, 5.41) is 24.2. The van der Waals surface area contributed by atoms with E-state index in [0.717, 1.165) is 17.8 Å². The van der Waals surface area contributed by atoms with Gasteiger partial charge in [0.05, 0.1) is 11.8 Å². The Kier molecular flexibility index (Phi) is 4.85. The van der Waals surface area contributed by atoms with Gasteiger partial charge in [0.25, 0.3) is 5.91 Å². The SMILES string of the molecule is O=C(N/N=C\c1cc(C23CC4CC(CC(C4)C2)C3)ccc1O)c1cc(Br)ccc1O. The van der Waals surface area contributed by atoms with Crippen LogP contribution in [0.15, 0.2) is 46.0 Å². The number of phenols is 2. The predicted molar refractivity (Wildman–Crippen MR) is 119 cm³/mol. The smallest absolute Gasteiger partial charge is 0.275 e. The average Bonchev–Trinajstić information content (AvgIpc) is 2.70. The lowest BCUT2D eigenvalue weighted by Gasteiger charge is -2.57. The van der Waals surface area contributed by atoms with Crippen molar-refractivity contribution in [3.8, 4) is 11.5 Å². The summed E-state index contributed by atoms with van der Waals surface area (Å²) in [5.41, 5.74) is 4.69. The predicted octanol–water partition coefficient (Wildman–Crippen LogP) is 5.09. The van der Waals surface area contributed by atoms with Crippen LogP contribution in [-0.2, 0) is 5.41 Å². The van der Waals surface area contributed by atoms with Crippen LogP contribution < -0.4 is 5.43 Å². The van der Waals surface area contributed by atoms with E-state index in [2.05, 4.69) is 32.5 Å². The fourth-order valence-electron chi connectivity index (χ4n) is 6.36. The number of hydrazone groups is 1. The zero-order valence-corrected chi connectivity index (χ0v) is 18.2. The van der Waals surface area contributed by atoms with E-state index in [0.29, 0.717) is 10.0 Å². The van der Waals surface area contributed by atoms with Gasteiger partial charge in [-0.05, 0) is 97.6 Å². The molecule has 0 unspecified atom stereocenters. The monoisotopic (exact) mass is 468 g/mol. The van der Waals surface area contributed by atoms with E-state index < -0.39 is 5.91 Å². The zero-order valence-electron chi connectivity index (χ0n) is 16.6. The molecule has 2 aromatic rings. The maximum absolute atomic E-state index is 12.3. The standard InChI is InChI=1S/C24H25BrN2O3/c25-19-2-4-22(29)20(9-19)23(30)27-26-13-17-8-18(1-3-21(17)28)24-10-14-5-15(11-24)7-16(6-14)12-24/h1-4,8-9,13-16,28-29H,5-7,10-12H2,(H,27,30)/b26-13-. The number of hydrogen-bond acceptors (Lipinski definition) is 4. The molecule has 30 heavy (non-hydrogen) atoms. The molecule has 0 aliphatic heterocycles. The molecule has 0 spiro atoms. The number of nitrogens with zero attached hydrogens (tertiary/aromatic N) is 1. The van der Waals surface area contributed by atoms with Crippen molar-refractivity contribution in [1.29, 1.82) is 0 Å². The Morgan fingerprint density at radius 1 is 1.00 bits per heavy atom. The van der Waals surface area contributed by atoms with Gasteiger partial charge < -0.3 is 10.2 Å². The van der Waals surface area contributed by atoms with E-state index >= 15 is 0 Å². The Hall–Kier alpha value is -2.34. The highest BCUT2D eigenvalue weighted by molar-refractivity contribution is 9.10. The molecule has 6 heteroatoms. The third-order valence-corrected chi connectivity index (χ3v) is 7.74. The van der Waals surface area contributed by atoms with Crippen LogP contribution in [0.1, 0.15) is 60.0 Å². The van der Waals surface area contributed by atoms with E-state index in [1.54, 1.807) is 12.1 Å². The maximum Gasteiger partial charge on any atom is 0.275 e. The summed E-state index contributed by atoms with van der Waals surface area (Å²) < 4.78 is 0.690. The molecule has 4 aliphatic carbocycles. The van der Waals surface area contributed by atoms with Gasteiger partial charge >= 0.3 is 0 Å². The maximum atomic E-state index is 12.3. The molecule has 0 heterocycles. The van der Waals surface area contributed by atoms with Crippen LogP contribution in [0.3, 0.4) is 0 Å². The highest BCUT2D eigenvalue weighted by Gasteiger charge is 2.51. The van der Waals surface area contributed by atoms with Crippen LogP contribution in [-0.4, -0.2) is 22.3 Å². The molecule has 1 amide bonds. The van der Waals surface area contributed by atoms with Crippen molar-refractivity contribution >= 4 is 28.1 Å². The molecular weight excluding hydrogens is 444 g/mol. The van der Waals surface area contributed by atoms with Gasteiger partial charge in [0, 0.05) is 10.0 Å². The number of carbonyl (C=O) groups is 1. The molecule has 4 bridgehead atoms. The summed E-state index contributed by atoms with van der Waals surface area (Å²) in [6.07, 6.45) is 9.39. The molecule has 0 saturated heterocycles. The van der Waals surface area contributed by atoms with Gasteiger partial charge in [0.1, 0.15) is 11.5 Å². The number of amides is 1. The molecule has 0 aromatic heterocycles. The second kappa shape index (κ2) is 7.41. The van der Waals surface area contributed by atoms with Crippen LogP contribution in [0.4, 0.5) is 0 Å². The minimum atomic E-state index is -0.512. The normalized spacial score (nSPS) is 29.4. The number of halogens is 1. The Bertz CT molecular complexity index is 998. The minimum absolute atomic E-state index is 0.113. The van der Waals surface area contributed by atoms with E-state index in [-0.39, 0.29) is 22.5 Å². The van der Waals surface area contributed by atoms with Crippen molar-refractivity contribution in [2.45, 2.75) is 43.9 Å². The van der Waals surface area contributed by atoms with Gasteiger partial charge in [-0.3, -0.25) is 4.79 Å². The largest absolute Gasteiger partial charge is 0.507 e. The number of hydrogen-bond donors (Lipinski definition) is 3. The molecule has 156 valence electrons. The summed E-state index contributed by atoms with van der Waals surface area (Å²) in [4.78, 5) is 12.3. The lowest BCUT2D eigenvalue weighted by atomic mass is 9.48. The lowest BCUT2D eigenvalue weighted by molar-refractivity contribution is -0.00520. The Morgan fingerprint density at radius 3 is 2.30 bits per heavy atom.